The van der Waals surface area contributed by atoms with Crippen molar-refractivity contribution in [2.45, 2.75) is 42.1 Å². The number of halogens is 1. The number of nitrogens with zero attached hydrogens (tertiary/aromatic N) is 3. The molecule has 1 fully saturated rings. The zero-order valence-corrected chi connectivity index (χ0v) is 20.9. The summed E-state index contributed by atoms with van der Waals surface area (Å²) in [6.07, 6.45) is 7.73. The number of rotatable bonds is 7. The Hall–Kier alpha value is -2.53. The summed E-state index contributed by atoms with van der Waals surface area (Å²) in [4.78, 5) is 17.5. The highest BCUT2D eigenvalue weighted by atomic mass is 35.5. The number of imidazole rings is 1. The lowest BCUT2D eigenvalue weighted by molar-refractivity contribution is -0.153. The Morgan fingerprint density at radius 3 is 2.74 bits per heavy atom. The molecule has 1 saturated carbocycles. The van der Waals surface area contributed by atoms with E-state index in [4.69, 9.17) is 34.3 Å². The highest BCUT2D eigenvalue weighted by molar-refractivity contribution is 7.89. The van der Waals surface area contributed by atoms with Gasteiger partial charge in [0.15, 0.2) is 0 Å². The number of carbonyl (C=O) groups is 1. The number of nitrogens with two attached hydrogens (primary N) is 1. The quantitative estimate of drug-likeness (QED) is 0.376. The molecule has 1 aliphatic rings. The molecule has 3 aromatic rings. The second kappa shape index (κ2) is 9.61. The summed E-state index contributed by atoms with van der Waals surface area (Å²) in [5, 5.41) is 0.418. The number of hydrogen-bond acceptors (Lipinski definition) is 6. The Morgan fingerprint density at radius 1 is 1.29 bits per heavy atom. The molecule has 1 aliphatic carbocycles. The summed E-state index contributed by atoms with van der Waals surface area (Å²) in [5.41, 5.74) is 7.04. The van der Waals surface area contributed by atoms with Gasteiger partial charge in [-0.3, -0.25) is 4.79 Å². The molecule has 34 heavy (non-hydrogen) atoms. The molecule has 11 heteroatoms. The van der Waals surface area contributed by atoms with Crippen molar-refractivity contribution >= 4 is 50.4 Å². The molecule has 180 valence electrons. The predicted molar refractivity (Wildman–Crippen MR) is 133 cm³/mol. The summed E-state index contributed by atoms with van der Waals surface area (Å²) < 4.78 is 34.4. The van der Waals surface area contributed by atoms with Crippen LogP contribution in [0.3, 0.4) is 0 Å². The average Bonchev–Trinajstić information content (AvgIpc) is 3.27. The zero-order valence-electron chi connectivity index (χ0n) is 18.6. The lowest BCUT2D eigenvalue weighted by atomic mass is 9.67. The Morgan fingerprint density at radius 2 is 2.03 bits per heavy atom. The third-order valence-corrected chi connectivity index (χ3v) is 8.76. The molecule has 0 saturated heterocycles. The first-order valence-electron chi connectivity index (χ1n) is 10.8. The molecule has 2 aromatic heterocycles. The van der Waals surface area contributed by atoms with Gasteiger partial charge in [-0.1, -0.05) is 36.3 Å². The second-order valence-electron chi connectivity index (χ2n) is 8.39. The summed E-state index contributed by atoms with van der Waals surface area (Å²) in [6.45, 7) is -0.449. The molecule has 2 unspecified atom stereocenters. The number of thiocarbonyl (C=S) groups is 1. The maximum atomic E-state index is 12.9. The minimum absolute atomic E-state index is 0.0379. The standard InChI is InChI=1S/C23H25ClN4O4S2/c1-27(34(30,31)18-8-6-17(24)7-9-18)15-21(29)32-19-4-2-3-11-23(19,22(25)33)16-5-10-20-26-12-13-28(20)14-16/h5-10,12-14,19H,2-4,11,15H2,1H3,(H2,25,33). The van der Waals surface area contributed by atoms with Crippen LogP contribution in [0.2, 0.25) is 5.02 Å². The molecule has 8 nitrogen and oxygen atoms in total. The minimum atomic E-state index is -3.89. The number of benzene rings is 1. The van der Waals surface area contributed by atoms with Crippen LogP contribution in [0.1, 0.15) is 31.2 Å². The van der Waals surface area contributed by atoms with E-state index >= 15 is 0 Å². The molecular formula is C23H25ClN4O4S2. The Bertz CT molecular complexity index is 1330. The van der Waals surface area contributed by atoms with E-state index in [1.54, 1.807) is 6.20 Å². The van der Waals surface area contributed by atoms with Crippen LogP contribution in [0.4, 0.5) is 0 Å². The molecule has 1 aromatic carbocycles. The Labute approximate surface area is 208 Å². The van der Waals surface area contributed by atoms with Crippen molar-refractivity contribution in [3.8, 4) is 0 Å². The SMILES string of the molecule is CN(CC(=O)OC1CCCCC1(C(N)=S)c1ccc2nccn2c1)S(=O)(=O)c1ccc(Cl)cc1. The number of hydrogen-bond donors (Lipinski definition) is 1. The van der Waals surface area contributed by atoms with Crippen LogP contribution < -0.4 is 5.73 Å². The van der Waals surface area contributed by atoms with Crippen molar-refractivity contribution in [3.63, 3.8) is 0 Å². The van der Waals surface area contributed by atoms with Crippen molar-refractivity contribution < 1.29 is 17.9 Å². The Balaban J connectivity index is 1.57. The van der Waals surface area contributed by atoms with Gasteiger partial charge in [0.2, 0.25) is 10.0 Å². The number of pyridine rings is 1. The van der Waals surface area contributed by atoms with Crippen LogP contribution in [0.5, 0.6) is 0 Å². The van der Waals surface area contributed by atoms with E-state index in [2.05, 4.69) is 4.98 Å². The van der Waals surface area contributed by atoms with E-state index in [0.717, 1.165) is 28.4 Å². The summed E-state index contributed by atoms with van der Waals surface area (Å²) >= 11 is 11.4. The fraction of sp³-hybridized carbons (Fsp3) is 0.348. The number of carbonyl (C=O) groups excluding carboxylic acids is 1. The molecule has 2 heterocycles. The van der Waals surface area contributed by atoms with Crippen LogP contribution in [-0.2, 0) is 25.0 Å². The van der Waals surface area contributed by atoms with Gasteiger partial charge in [0.05, 0.1) is 15.3 Å². The molecule has 0 aliphatic heterocycles. The lowest BCUT2D eigenvalue weighted by Crippen LogP contribution is -2.53. The summed E-state index contributed by atoms with van der Waals surface area (Å²) in [7, 11) is -2.56. The van der Waals surface area contributed by atoms with E-state index in [1.165, 1.54) is 31.3 Å². The maximum Gasteiger partial charge on any atom is 0.321 e. The largest absolute Gasteiger partial charge is 0.460 e. The third-order valence-electron chi connectivity index (χ3n) is 6.33. The lowest BCUT2D eigenvalue weighted by Gasteiger charge is -2.43. The third kappa shape index (κ3) is 4.55. The van der Waals surface area contributed by atoms with E-state index in [9.17, 15) is 13.2 Å². The molecule has 0 radical (unpaired) electrons. The van der Waals surface area contributed by atoms with Gasteiger partial charge >= 0.3 is 5.97 Å². The maximum absolute atomic E-state index is 12.9. The first kappa shape index (κ1) is 24.6. The summed E-state index contributed by atoms with van der Waals surface area (Å²) in [5.74, 6) is -0.670. The van der Waals surface area contributed by atoms with E-state index in [0.29, 0.717) is 17.9 Å². The van der Waals surface area contributed by atoms with Crippen LogP contribution >= 0.6 is 23.8 Å². The smallest absolute Gasteiger partial charge is 0.321 e. The first-order valence-corrected chi connectivity index (χ1v) is 13.0. The second-order valence-corrected chi connectivity index (χ2v) is 11.3. The fourth-order valence-corrected chi connectivity index (χ4v) is 6.08. The number of ether oxygens (including phenoxy) is 1. The molecule has 0 spiro atoms. The van der Waals surface area contributed by atoms with Gasteiger partial charge in [-0.2, -0.15) is 4.31 Å². The predicted octanol–water partition coefficient (Wildman–Crippen LogP) is 3.32. The number of sulfonamides is 1. The highest BCUT2D eigenvalue weighted by Crippen LogP contribution is 2.42. The van der Waals surface area contributed by atoms with Crippen LogP contribution in [0, 0.1) is 0 Å². The molecule has 4 rings (SSSR count). The highest BCUT2D eigenvalue weighted by Gasteiger charge is 2.47. The van der Waals surface area contributed by atoms with Gasteiger partial charge in [0.1, 0.15) is 18.3 Å². The van der Waals surface area contributed by atoms with Gasteiger partial charge in [-0.05, 0) is 55.2 Å². The van der Waals surface area contributed by atoms with Gasteiger partial charge in [-0.25, -0.2) is 13.4 Å². The summed E-state index contributed by atoms with van der Waals surface area (Å²) in [6, 6.07) is 9.53. The normalized spacial score (nSPS) is 21.0. The topological polar surface area (TPSA) is 107 Å². The molecule has 0 bridgehead atoms. The molecule has 0 amide bonds. The number of esters is 1. The van der Waals surface area contributed by atoms with Gasteiger partial charge in [-0.15, -0.1) is 0 Å². The molecule has 2 N–H and O–H groups in total. The van der Waals surface area contributed by atoms with Crippen molar-refractivity contribution in [2.75, 3.05) is 13.6 Å². The van der Waals surface area contributed by atoms with E-state index in [-0.39, 0.29) is 9.88 Å². The van der Waals surface area contributed by atoms with Gasteiger partial charge in [0.25, 0.3) is 0 Å². The molecular weight excluding hydrogens is 496 g/mol. The first-order chi connectivity index (χ1) is 16.1. The van der Waals surface area contributed by atoms with Crippen LogP contribution in [0.25, 0.3) is 5.65 Å². The number of likely N-dealkylation sites (N-methyl/N-ethyl adjacent to an activating group) is 1. The van der Waals surface area contributed by atoms with E-state index < -0.39 is 34.1 Å². The van der Waals surface area contributed by atoms with Crippen molar-refractivity contribution in [1.82, 2.24) is 13.7 Å². The number of fused-ring (bicyclic) bond motifs is 1. The zero-order chi connectivity index (χ0) is 24.5. The fourth-order valence-electron chi connectivity index (χ4n) is 4.49. The minimum Gasteiger partial charge on any atom is -0.460 e. The van der Waals surface area contributed by atoms with E-state index in [1.807, 2.05) is 28.9 Å². The number of aromatic nitrogens is 2. The van der Waals surface area contributed by atoms with Gasteiger partial charge < -0.3 is 14.9 Å². The van der Waals surface area contributed by atoms with Crippen molar-refractivity contribution in [1.29, 1.82) is 0 Å². The van der Waals surface area contributed by atoms with Crippen LogP contribution in [0.15, 0.2) is 59.9 Å². The average molecular weight is 521 g/mol. The molecule has 2 atom stereocenters. The Kier molecular flexibility index (Phi) is 6.95. The van der Waals surface area contributed by atoms with Gasteiger partial charge in [0, 0.05) is 30.7 Å². The van der Waals surface area contributed by atoms with Crippen molar-refractivity contribution in [2.24, 2.45) is 5.73 Å². The van der Waals surface area contributed by atoms with Crippen molar-refractivity contribution in [3.05, 3.63) is 65.6 Å². The van der Waals surface area contributed by atoms with Crippen LogP contribution in [-0.4, -0.2) is 52.8 Å². The monoisotopic (exact) mass is 520 g/mol.